The highest BCUT2D eigenvalue weighted by molar-refractivity contribution is 7.88. The van der Waals surface area contributed by atoms with Gasteiger partial charge in [-0.2, -0.15) is 4.31 Å². The van der Waals surface area contributed by atoms with Crippen LogP contribution in [0.3, 0.4) is 0 Å². The molecule has 0 atom stereocenters. The van der Waals surface area contributed by atoms with E-state index in [1.807, 2.05) is 6.92 Å². The Morgan fingerprint density at radius 2 is 2.11 bits per heavy atom. The molecule has 0 fully saturated rings. The predicted molar refractivity (Wildman–Crippen MR) is 76.8 cm³/mol. The Morgan fingerprint density at radius 1 is 1.42 bits per heavy atom. The second-order valence-electron chi connectivity index (χ2n) is 4.16. The normalized spacial score (nSPS) is 11.6. The number of sulfonamides is 1. The van der Waals surface area contributed by atoms with E-state index < -0.39 is 10.0 Å². The van der Waals surface area contributed by atoms with Gasteiger partial charge in [0.25, 0.3) is 0 Å². The molecule has 0 aliphatic carbocycles. The van der Waals surface area contributed by atoms with Gasteiger partial charge in [0.1, 0.15) is 0 Å². The third kappa shape index (κ3) is 5.59. The van der Waals surface area contributed by atoms with Crippen LogP contribution in [0.15, 0.2) is 24.3 Å². The number of rotatable bonds is 6. The number of hydrogen-bond donors (Lipinski definition) is 1. The van der Waals surface area contributed by atoms with E-state index in [-0.39, 0.29) is 12.5 Å². The van der Waals surface area contributed by atoms with Crippen molar-refractivity contribution >= 4 is 33.2 Å². The van der Waals surface area contributed by atoms with Gasteiger partial charge in [-0.05, 0) is 24.6 Å². The van der Waals surface area contributed by atoms with E-state index in [1.54, 1.807) is 24.3 Å². The fourth-order valence-corrected chi connectivity index (χ4v) is 2.59. The summed E-state index contributed by atoms with van der Waals surface area (Å²) in [7, 11) is -3.38. The Morgan fingerprint density at radius 3 is 2.63 bits per heavy atom. The van der Waals surface area contributed by atoms with E-state index in [4.69, 9.17) is 11.6 Å². The molecule has 19 heavy (non-hydrogen) atoms. The van der Waals surface area contributed by atoms with Gasteiger partial charge in [0, 0.05) is 17.3 Å². The van der Waals surface area contributed by atoms with Crippen molar-refractivity contribution in [1.29, 1.82) is 0 Å². The molecule has 106 valence electrons. The minimum absolute atomic E-state index is 0.195. The van der Waals surface area contributed by atoms with Crippen LogP contribution in [0.25, 0.3) is 0 Å². The van der Waals surface area contributed by atoms with Crippen LogP contribution in [-0.4, -0.2) is 38.0 Å². The minimum atomic E-state index is -3.38. The van der Waals surface area contributed by atoms with Crippen molar-refractivity contribution in [2.75, 3.05) is 24.7 Å². The zero-order valence-corrected chi connectivity index (χ0v) is 12.5. The topological polar surface area (TPSA) is 66.5 Å². The number of carbonyl (C=O) groups excluding carboxylic acids is 1. The van der Waals surface area contributed by atoms with E-state index >= 15 is 0 Å². The van der Waals surface area contributed by atoms with Crippen molar-refractivity contribution in [2.45, 2.75) is 13.3 Å². The average Bonchev–Trinajstić information content (AvgIpc) is 2.27. The number of carbonyl (C=O) groups is 1. The molecule has 1 aromatic rings. The molecular formula is C12H17ClN2O3S. The first kappa shape index (κ1) is 15.9. The molecular weight excluding hydrogens is 288 g/mol. The summed E-state index contributed by atoms with van der Waals surface area (Å²) in [5.74, 6) is -0.388. The quantitative estimate of drug-likeness (QED) is 0.873. The van der Waals surface area contributed by atoms with Gasteiger partial charge in [-0.15, -0.1) is 0 Å². The van der Waals surface area contributed by atoms with Crippen LogP contribution in [0.2, 0.25) is 5.02 Å². The van der Waals surface area contributed by atoms with E-state index in [9.17, 15) is 13.2 Å². The van der Waals surface area contributed by atoms with Crippen LogP contribution in [0.4, 0.5) is 5.69 Å². The predicted octanol–water partition coefficient (Wildman–Crippen LogP) is 1.95. The Kier molecular flexibility index (Phi) is 5.78. The number of halogens is 1. The Hall–Kier alpha value is -1.11. The molecule has 1 rings (SSSR count). The first-order valence-corrected chi connectivity index (χ1v) is 8.06. The zero-order chi connectivity index (χ0) is 14.5. The van der Waals surface area contributed by atoms with Crippen molar-refractivity contribution in [3.63, 3.8) is 0 Å². The van der Waals surface area contributed by atoms with Gasteiger partial charge in [-0.3, -0.25) is 4.79 Å². The number of benzene rings is 1. The lowest BCUT2D eigenvalue weighted by atomic mass is 10.3. The molecule has 5 nitrogen and oxygen atoms in total. The maximum Gasteiger partial charge on any atom is 0.239 e. The van der Waals surface area contributed by atoms with Crippen molar-refractivity contribution in [2.24, 2.45) is 0 Å². The molecule has 7 heteroatoms. The average molecular weight is 305 g/mol. The molecule has 0 radical (unpaired) electrons. The lowest BCUT2D eigenvalue weighted by molar-refractivity contribution is -0.116. The molecule has 1 amide bonds. The number of amides is 1. The third-order valence-corrected chi connectivity index (χ3v) is 3.86. The zero-order valence-electron chi connectivity index (χ0n) is 10.9. The van der Waals surface area contributed by atoms with Crippen LogP contribution >= 0.6 is 11.6 Å². The van der Waals surface area contributed by atoms with E-state index in [1.165, 1.54) is 0 Å². The summed E-state index contributed by atoms with van der Waals surface area (Å²) in [6, 6.07) is 6.69. The lowest BCUT2D eigenvalue weighted by Gasteiger charge is -2.18. The van der Waals surface area contributed by atoms with Gasteiger partial charge in [0.2, 0.25) is 15.9 Å². The molecule has 0 aliphatic heterocycles. The molecule has 1 N–H and O–H groups in total. The van der Waals surface area contributed by atoms with Gasteiger partial charge in [-0.1, -0.05) is 24.6 Å². The Balaban J connectivity index is 2.68. The van der Waals surface area contributed by atoms with Crippen molar-refractivity contribution in [1.82, 2.24) is 4.31 Å². The summed E-state index contributed by atoms with van der Waals surface area (Å²) < 4.78 is 24.1. The Labute approximate surface area is 118 Å². The fourth-order valence-electron chi connectivity index (χ4n) is 1.54. The van der Waals surface area contributed by atoms with Crippen LogP contribution in [0.5, 0.6) is 0 Å². The summed E-state index contributed by atoms with van der Waals surface area (Å²) >= 11 is 5.80. The van der Waals surface area contributed by atoms with Gasteiger partial charge < -0.3 is 5.32 Å². The van der Waals surface area contributed by atoms with Crippen LogP contribution in [-0.2, 0) is 14.8 Å². The molecule has 0 aliphatic rings. The largest absolute Gasteiger partial charge is 0.325 e. The second kappa shape index (κ2) is 6.88. The number of anilines is 1. The van der Waals surface area contributed by atoms with Crippen molar-refractivity contribution in [3.8, 4) is 0 Å². The van der Waals surface area contributed by atoms with Crippen LogP contribution in [0, 0.1) is 0 Å². The maximum atomic E-state index is 11.8. The van der Waals surface area contributed by atoms with Crippen molar-refractivity contribution < 1.29 is 13.2 Å². The number of nitrogens with zero attached hydrogens (tertiary/aromatic N) is 1. The summed E-state index contributed by atoms with van der Waals surface area (Å²) in [4.78, 5) is 11.8. The van der Waals surface area contributed by atoms with E-state index in [0.717, 1.165) is 10.6 Å². The lowest BCUT2D eigenvalue weighted by Crippen LogP contribution is -2.37. The molecule has 0 unspecified atom stereocenters. The van der Waals surface area contributed by atoms with Gasteiger partial charge >= 0.3 is 0 Å². The molecule has 1 aromatic carbocycles. The molecule has 0 aromatic heterocycles. The number of hydrogen-bond acceptors (Lipinski definition) is 3. The maximum absolute atomic E-state index is 11.8. The molecule has 0 spiro atoms. The first-order chi connectivity index (χ1) is 8.82. The second-order valence-corrected chi connectivity index (χ2v) is 6.57. The summed E-state index contributed by atoms with van der Waals surface area (Å²) in [6.45, 7) is 1.98. The Bertz CT molecular complexity index is 546. The van der Waals surface area contributed by atoms with Gasteiger partial charge in [0.15, 0.2) is 0 Å². The summed E-state index contributed by atoms with van der Waals surface area (Å²) in [5.41, 5.74) is 0.544. The SMILES string of the molecule is CCCN(CC(=O)Nc1cccc(Cl)c1)S(C)(=O)=O. The molecule has 0 saturated carbocycles. The van der Waals surface area contributed by atoms with E-state index in [2.05, 4.69) is 5.32 Å². The summed E-state index contributed by atoms with van der Waals surface area (Å²) in [5, 5.41) is 3.12. The number of nitrogens with one attached hydrogen (secondary N) is 1. The van der Waals surface area contributed by atoms with Crippen molar-refractivity contribution in [3.05, 3.63) is 29.3 Å². The highest BCUT2D eigenvalue weighted by Crippen LogP contribution is 2.14. The van der Waals surface area contributed by atoms with Gasteiger partial charge in [0.05, 0.1) is 12.8 Å². The standard InChI is InChI=1S/C12H17ClN2O3S/c1-3-7-15(19(2,17)18)9-12(16)14-11-6-4-5-10(13)8-11/h4-6,8H,3,7,9H2,1-2H3,(H,14,16). The third-order valence-electron chi connectivity index (χ3n) is 2.37. The minimum Gasteiger partial charge on any atom is -0.325 e. The van der Waals surface area contributed by atoms with Crippen LogP contribution < -0.4 is 5.32 Å². The monoisotopic (exact) mass is 304 g/mol. The summed E-state index contributed by atoms with van der Waals surface area (Å²) in [6.07, 6.45) is 1.74. The van der Waals surface area contributed by atoms with Crippen LogP contribution in [0.1, 0.15) is 13.3 Å². The highest BCUT2D eigenvalue weighted by atomic mass is 35.5. The van der Waals surface area contributed by atoms with E-state index in [0.29, 0.717) is 23.7 Å². The van der Waals surface area contributed by atoms with Gasteiger partial charge in [-0.25, -0.2) is 8.42 Å². The highest BCUT2D eigenvalue weighted by Gasteiger charge is 2.19. The molecule has 0 bridgehead atoms. The molecule has 0 heterocycles. The fraction of sp³-hybridized carbons (Fsp3) is 0.417. The smallest absolute Gasteiger partial charge is 0.239 e. The first-order valence-electron chi connectivity index (χ1n) is 5.83. The molecule has 0 saturated heterocycles.